The second-order valence-electron chi connectivity index (χ2n) is 6.83. The Labute approximate surface area is 166 Å². The summed E-state index contributed by atoms with van der Waals surface area (Å²) in [5.41, 5.74) is 0.439. The first-order chi connectivity index (χ1) is 13.4. The summed E-state index contributed by atoms with van der Waals surface area (Å²) < 4.78 is 6.87. The van der Waals surface area contributed by atoms with E-state index < -0.39 is 12.6 Å². The fourth-order valence-corrected chi connectivity index (χ4v) is 4.33. The number of hydrogen-bond donors (Lipinski definition) is 0. The molecule has 0 fully saturated rings. The van der Waals surface area contributed by atoms with Crippen LogP contribution < -0.4 is 5.56 Å². The van der Waals surface area contributed by atoms with Crippen molar-refractivity contribution < 1.29 is 14.3 Å². The Hall–Kier alpha value is -2.73. The number of likely N-dealkylation sites (N-methyl/N-ethyl adjacent to an activating group) is 1. The number of carbonyl (C=O) groups is 2. The highest BCUT2D eigenvalue weighted by atomic mass is 32.1. The highest BCUT2D eigenvalue weighted by Gasteiger charge is 2.23. The summed E-state index contributed by atoms with van der Waals surface area (Å²) in [5, 5.41) is 9.03. The third-order valence-electron chi connectivity index (χ3n) is 4.91. The van der Waals surface area contributed by atoms with Crippen molar-refractivity contribution in [2.45, 2.75) is 45.6 Å². The normalized spacial score (nSPS) is 13.5. The van der Waals surface area contributed by atoms with Gasteiger partial charge in [-0.15, -0.1) is 11.3 Å². The third-order valence-corrected chi connectivity index (χ3v) is 6.07. The van der Waals surface area contributed by atoms with E-state index in [1.807, 2.05) is 6.07 Å². The van der Waals surface area contributed by atoms with Gasteiger partial charge in [0.15, 0.2) is 6.61 Å². The Morgan fingerprint density at radius 2 is 2.14 bits per heavy atom. The van der Waals surface area contributed by atoms with Crippen LogP contribution in [0.15, 0.2) is 4.79 Å². The molecule has 1 aliphatic rings. The number of esters is 1. The van der Waals surface area contributed by atoms with Crippen LogP contribution >= 0.6 is 11.3 Å². The fraction of sp³-hybridized carbons (Fsp3) is 0.526. The number of hydrogen-bond acceptors (Lipinski definition) is 7. The number of ether oxygens (including phenoxy) is 1. The summed E-state index contributed by atoms with van der Waals surface area (Å²) in [4.78, 5) is 44.2. The molecule has 9 heteroatoms. The summed E-state index contributed by atoms with van der Waals surface area (Å²) in [6.07, 6.45) is 3.99. The van der Waals surface area contributed by atoms with Crippen LogP contribution in [0.25, 0.3) is 10.2 Å². The van der Waals surface area contributed by atoms with Gasteiger partial charge in [0.05, 0.1) is 17.9 Å². The molecule has 0 radical (unpaired) electrons. The van der Waals surface area contributed by atoms with Crippen molar-refractivity contribution in [3.8, 4) is 6.07 Å². The van der Waals surface area contributed by atoms with Gasteiger partial charge < -0.3 is 9.64 Å². The SMILES string of the molecule is Cc1c(C(=O)OCC(=O)N(C)CCC#N)sc2nc3n(c(=O)c12)CCCCC3. The van der Waals surface area contributed by atoms with Crippen LogP contribution in [0, 0.1) is 18.3 Å². The van der Waals surface area contributed by atoms with Gasteiger partial charge in [-0.3, -0.25) is 14.2 Å². The molecule has 148 valence electrons. The number of rotatable bonds is 5. The van der Waals surface area contributed by atoms with Gasteiger partial charge in [-0.2, -0.15) is 5.26 Å². The molecule has 0 saturated heterocycles. The first kappa shape index (κ1) is 20.0. The summed E-state index contributed by atoms with van der Waals surface area (Å²) in [6, 6.07) is 1.96. The largest absolute Gasteiger partial charge is 0.451 e. The molecular formula is C19H22N4O4S. The number of nitrogens with zero attached hydrogens (tertiary/aromatic N) is 4. The zero-order valence-electron chi connectivity index (χ0n) is 16.0. The molecule has 0 aliphatic carbocycles. The van der Waals surface area contributed by atoms with Crippen LogP contribution in [0.5, 0.6) is 0 Å². The van der Waals surface area contributed by atoms with Gasteiger partial charge >= 0.3 is 5.97 Å². The minimum absolute atomic E-state index is 0.109. The number of fused-ring (bicyclic) bond motifs is 2. The lowest BCUT2D eigenvalue weighted by molar-refractivity contribution is -0.133. The van der Waals surface area contributed by atoms with Crippen LogP contribution in [-0.2, 0) is 22.5 Å². The standard InChI is InChI=1S/C19H22N4O4S/c1-12-15-17(21-13-7-4-3-5-10-23(13)18(15)25)28-16(12)19(26)27-11-14(24)22(2)9-6-8-20/h3-7,9-11H2,1-2H3. The van der Waals surface area contributed by atoms with E-state index in [-0.39, 0.29) is 24.4 Å². The quantitative estimate of drug-likeness (QED) is 0.709. The van der Waals surface area contributed by atoms with Gasteiger partial charge in [-0.05, 0) is 25.3 Å². The maximum Gasteiger partial charge on any atom is 0.349 e. The molecule has 1 aliphatic heterocycles. The van der Waals surface area contributed by atoms with Gasteiger partial charge in [0, 0.05) is 26.6 Å². The van der Waals surface area contributed by atoms with Crippen molar-refractivity contribution in [2.75, 3.05) is 20.2 Å². The van der Waals surface area contributed by atoms with E-state index in [9.17, 15) is 14.4 Å². The number of aryl methyl sites for hydroxylation is 2. The molecule has 2 aromatic heterocycles. The van der Waals surface area contributed by atoms with E-state index >= 15 is 0 Å². The van der Waals surface area contributed by atoms with Crippen molar-refractivity contribution >= 4 is 33.4 Å². The Kier molecular flexibility index (Phi) is 6.09. The molecule has 0 aromatic carbocycles. The van der Waals surface area contributed by atoms with E-state index in [4.69, 9.17) is 10.00 Å². The highest BCUT2D eigenvalue weighted by Crippen LogP contribution is 2.29. The maximum absolute atomic E-state index is 12.9. The van der Waals surface area contributed by atoms with Gasteiger partial charge in [0.2, 0.25) is 0 Å². The Morgan fingerprint density at radius 3 is 2.89 bits per heavy atom. The predicted molar refractivity (Wildman–Crippen MR) is 104 cm³/mol. The second-order valence-corrected chi connectivity index (χ2v) is 7.83. The predicted octanol–water partition coefficient (Wildman–Crippen LogP) is 2.02. The monoisotopic (exact) mass is 402 g/mol. The Morgan fingerprint density at radius 1 is 1.36 bits per heavy atom. The molecule has 0 bridgehead atoms. The van der Waals surface area contributed by atoms with Gasteiger partial charge in [0.1, 0.15) is 15.5 Å². The van der Waals surface area contributed by atoms with E-state index in [1.165, 1.54) is 4.90 Å². The van der Waals surface area contributed by atoms with Crippen molar-refractivity contribution in [3.63, 3.8) is 0 Å². The lowest BCUT2D eigenvalue weighted by Crippen LogP contribution is -2.31. The summed E-state index contributed by atoms with van der Waals surface area (Å²) >= 11 is 1.13. The lowest BCUT2D eigenvalue weighted by atomic mass is 10.2. The average molecular weight is 402 g/mol. The molecule has 0 unspecified atom stereocenters. The zero-order chi connectivity index (χ0) is 20.3. The zero-order valence-corrected chi connectivity index (χ0v) is 16.8. The average Bonchev–Trinajstić information content (AvgIpc) is 2.85. The molecule has 0 N–H and O–H groups in total. The van der Waals surface area contributed by atoms with E-state index in [0.29, 0.717) is 27.2 Å². The summed E-state index contributed by atoms with van der Waals surface area (Å²) in [7, 11) is 1.55. The molecule has 2 aromatic rings. The highest BCUT2D eigenvalue weighted by molar-refractivity contribution is 7.20. The van der Waals surface area contributed by atoms with Crippen LogP contribution in [0.1, 0.15) is 46.7 Å². The Bertz CT molecular complexity index is 1020. The van der Waals surface area contributed by atoms with Crippen LogP contribution in [0.4, 0.5) is 0 Å². The van der Waals surface area contributed by atoms with Gasteiger partial charge in [-0.1, -0.05) is 6.42 Å². The topological polar surface area (TPSA) is 105 Å². The molecule has 8 nitrogen and oxygen atoms in total. The second kappa shape index (κ2) is 8.52. The van der Waals surface area contributed by atoms with Gasteiger partial charge in [-0.25, -0.2) is 9.78 Å². The van der Waals surface area contributed by atoms with Crippen LogP contribution in [0.3, 0.4) is 0 Å². The molecule has 0 spiro atoms. The van der Waals surface area contributed by atoms with Crippen LogP contribution in [0.2, 0.25) is 0 Å². The van der Waals surface area contributed by atoms with E-state index in [1.54, 1.807) is 18.5 Å². The molecule has 0 saturated carbocycles. The number of carbonyl (C=O) groups excluding carboxylic acids is 2. The Balaban J connectivity index is 1.82. The maximum atomic E-state index is 12.9. The third kappa shape index (κ3) is 3.92. The smallest absolute Gasteiger partial charge is 0.349 e. The van der Waals surface area contributed by atoms with Crippen molar-refractivity contribution in [2.24, 2.45) is 0 Å². The number of aromatic nitrogens is 2. The number of thiophene rings is 1. The lowest BCUT2D eigenvalue weighted by Gasteiger charge is -2.15. The first-order valence-corrected chi connectivity index (χ1v) is 10.1. The van der Waals surface area contributed by atoms with Crippen LogP contribution in [-0.4, -0.2) is 46.5 Å². The molecule has 1 amide bonds. The molecule has 28 heavy (non-hydrogen) atoms. The molecule has 3 heterocycles. The van der Waals surface area contributed by atoms with E-state index in [0.717, 1.165) is 42.8 Å². The summed E-state index contributed by atoms with van der Waals surface area (Å²) in [5.74, 6) is -0.250. The number of amides is 1. The van der Waals surface area contributed by atoms with Gasteiger partial charge in [0.25, 0.3) is 11.5 Å². The minimum Gasteiger partial charge on any atom is -0.451 e. The van der Waals surface area contributed by atoms with E-state index in [2.05, 4.69) is 4.98 Å². The number of nitriles is 1. The minimum atomic E-state index is -0.637. The fourth-order valence-electron chi connectivity index (χ4n) is 3.25. The molecule has 3 rings (SSSR count). The molecule has 0 atom stereocenters. The molecular weight excluding hydrogens is 380 g/mol. The summed E-state index contributed by atoms with van der Waals surface area (Å²) in [6.45, 7) is 2.23. The van der Waals surface area contributed by atoms with Crippen molar-refractivity contribution in [1.29, 1.82) is 5.26 Å². The van der Waals surface area contributed by atoms with Crippen molar-refractivity contribution in [3.05, 3.63) is 26.6 Å². The first-order valence-electron chi connectivity index (χ1n) is 9.25. The van der Waals surface area contributed by atoms with Crippen molar-refractivity contribution in [1.82, 2.24) is 14.5 Å².